The molecule has 0 bridgehead atoms. The van der Waals surface area contributed by atoms with Gasteiger partial charge in [-0.25, -0.2) is 9.97 Å². The molecule has 1 aromatic carbocycles. The number of benzene rings is 1. The number of nitrogen functional groups attached to an aromatic ring is 1. The number of para-hydroxylation sites is 1. The topological polar surface area (TPSA) is 96.9 Å². The van der Waals surface area contributed by atoms with E-state index < -0.39 is 0 Å². The van der Waals surface area contributed by atoms with Crippen LogP contribution in [0.3, 0.4) is 0 Å². The zero-order valence-electron chi connectivity index (χ0n) is 13.9. The van der Waals surface area contributed by atoms with Crippen molar-refractivity contribution in [1.82, 2.24) is 9.97 Å². The molecule has 0 saturated carbocycles. The van der Waals surface area contributed by atoms with Crippen LogP contribution >= 0.6 is 0 Å². The number of aromatic nitrogens is 2. The van der Waals surface area contributed by atoms with Gasteiger partial charge in [-0.1, -0.05) is 23.4 Å². The first-order valence-electron chi connectivity index (χ1n) is 8.50. The zero-order valence-corrected chi connectivity index (χ0v) is 13.9. The molecule has 130 valence electrons. The van der Waals surface area contributed by atoms with E-state index in [4.69, 9.17) is 10.5 Å². The van der Waals surface area contributed by atoms with E-state index in [-0.39, 0.29) is 11.9 Å². The molecule has 4 rings (SSSR count). The largest absolute Gasteiger partial charge is 0.411 e. The van der Waals surface area contributed by atoms with Crippen molar-refractivity contribution >= 4 is 17.3 Å². The van der Waals surface area contributed by atoms with Crippen molar-refractivity contribution in [3.63, 3.8) is 0 Å². The summed E-state index contributed by atoms with van der Waals surface area (Å²) in [5.74, 6) is 0.435. The van der Waals surface area contributed by atoms with E-state index in [9.17, 15) is 5.21 Å². The lowest BCUT2D eigenvalue weighted by Gasteiger charge is -2.33. The number of fused-ring (bicyclic) bond motifs is 1. The number of oxime groups is 1. The number of hydrogen-bond donors (Lipinski definition) is 2. The third kappa shape index (κ3) is 3.02. The molecule has 2 aromatic rings. The van der Waals surface area contributed by atoms with Crippen LogP contribution in [0.2, 0.25) is 0 Å². The average molecular weight is 339 g/mol. The third-order valence-electron chi connectivity index (χ3n) is 4.93. The predicted molar refractivity (Wildman–Crippen MR) is 95.3 cm³/mol. The highest BCUT2D eigenvalue weighted by Crippen LogP contribution is 2.37. The van der Waals surface area contributed by atoms with Crippen LogP contribution in [0, 0.1) is 0 Å². The van der Waals surface area contributed by atoms with Crippen LogP contribution in [0.25, 0.3) is 0 Å². The fourth-order valence-electron chi connectivity index (χ4n) is 3.72. The van der Waals surface area contributed by atoms with Gasteiger partial charge in [0.05, 0.1) is 24.6 Å². The van der Waals surface area contributed by atoms with E-state index in [0.29, 0.717) is 12.1 Å². The van der Waals surface area contributed by atoms with Crippen LogP contribution in [0.1, 0.15) is 29.2 Å². The molecule has 7 heteroatoms. The minimum Gasteiger partial charge on any atom is -0.411 e. The van der Waals surface area contributed by atoms with Gasteiger partial charge < -0.3 is 20.6 Å². The maximum atomic E-state index is 9.46. The van der Waals surface area contributed by atoms with Crippen molar-refractivity contribution in [1.29, 1.82) is 0 Å². The van der Waals surface area contributed by atoms with Crippen LogP contribution in [0.15, 0.2) is 35.6 Å². The van der Waals surface area contributed by atoms with Gasteiger partial charge in [-0.2, -0.15) is 0 Å². The molecule has 1 aliphatic carbocycles. The molecule has 3 N–H and O–H groups in total. The molecule has 2 heterocycles. The minimum absolute atomic E-state index is 0.187. The SMILES string of the molecule is Nc1ncc2c(n1)CC(c1ccccc1N1CCOCC1)C/C2=N\O. The van der Waals surface area contributed by atoms with Crippen LogP contribution in [-0.2, 0) is 11.2 Å². The molecule has 25 heavy (non-hydrogen) atoms. The molecule has 0 amide bonds. The van der Waals surface area contributed by atoms with Crippen molar-refractivity contribution in [2.75, 3.05) is 36.9 Å². The van der Waals surface area contributed by atoms with E-state index in [2.05, 4.69) is 44.3 Å². The van der Waals surface area contributed by atoms with Crippen molar-refractivity contribution in [2.45, 2.75) is 18.8 Å². The number of hydrogen-bond acceptors (Lipinski definition) is 7. The summed E-state index contributed by atoms with van der Waals surface area (Å²) in [6.45, 7) is 3.26. The Balaban J connectivity index is 1.71. The summed E-state index contributed by atoms with van der Waals surface area (Å²) < 4.78 is 5.48. The number of rotatable bonds is 2. The van der Waals surface area contributed by atoms with E-state index in [1.165, 1.54) is 11.3 Å². The van der Waals surface area contributed by atoms with Crippen LogP contribution in [0.4, 0.5) is 11.6 Å². The Morgan fingerprint density at radius 1 is 1.20 bits per heavy atom. The Bertz CT molecular complexity index is 802. The lowest BCUT2D eigenvalue weighted by atomic mass is 9.81. The highest BCUT2D eigenvalue weighted by molar-refractivity contribution is 6.02. The number of morpholine rings is 1. The summed E-state index contributed by atoms with van der Waals surface area (Å²) in [6, 6.07) is 8.42. The second-order valence-electron chi connectivity index (χ2n) is 6.40. The fraction of sp³-hybridized carbons (Fsp3) is 0.389. The Morgan fingerprint density at radius 2 is 2.00 bits per heavy atom. The first kappa shape index (κ1) is 15.8. The van der Waals surface area contributed by atoms with Crippen molar-refractivity contribution in [3.8, 4) is 0 Å². The third-order valence-corrected chi connectivity index (χ3v) is 4.93. The molecule has 1 atom stereocenters. The lowest BCUT2D eigenvalue weighted by molar-refractivity contribution is 0.122. The molecular weight excluding hydrogens is 318 g/mol. The minimum atomic E-state index is 0.187. The highest BCUT2D eigenvalue weighted by Gasteiger charge is 2.29. The summed E-state index contributed by atoms with van der Waals surface area (Å²) >= 11 is 0. The Kier molecular flexibility index (Phi) is 4.23. The molecule has 2 aliphatic rings. The van der Waals surface area contributed by atoms with Gasteiger partial charge in [0.25, 0.3) is 0 Å². The summed E-state index contributed by atoms with van der Waals surface area (Å²) in [5, 5.41) is 13.0. The molecule has 1 saturated heterocycles. The predicted octanol–water partition coefficient (Wildman–Crippen LogP) is 1.80. The Labute approximate surface area is 146 Å². The van der Waals surface area contributed by atoms with Crippen molar-refractivity contribution in [3.05, 3.63) is 47.3 Å². The van der Waals surface area contributed by atoms with E-state index in [1.54, 1.807) is 6.20 Å². The standard InChI is InChI=1S/C18H21N5O2/c19-18-20-11-14-15(21-18)9-12(10-16(14)22-24)13-3-1-2-4-17(13)23-5-7-25-8-6-23/h1-4,11-12,24H,5-10H2,(H2,19,20,21)/b22-16+. The van der Waals surface area contributed by atoms with Gasteiger partial charge in [0.1, 0.15) is 0 Å². The molecule has 0 radical (unpaired) electrons. The summed E-state index contributed by atoms with van der Waals surface area (Å²) in [6.07, 6.45) is 3.05. The first-order valence-corrected chi connectivity index (χ1v) is 8.50. The highest BCUT2D eigenvalue weighted by atomic mass is 16.5. The second-order valence-corrected chi connectivity index (χ2v) is 6.40. The van der Waals surface area contributed by atoms with Gasteiger partial charge in [0, 0.05) is 37.0 Å². The molecule has 0 spiro atoms. The molecule has 1 fully saturated rings. The smallest absolute Gasteiger partial charge is 0.220 e. The van der Waals surface area contributed by atoms with Crippen molar-refractivity contribution < 1.29 is 9.94 Å². The number of ether oxygens (including phenoxy) is 1. The first-order chi connectivity index (χ1) is 12.3. The molecule has 1 aromatic heterocycles. The maximum absolute atomic E-state index is 9.46. The van der Waals surface area contributed by atoms with E-state index >= 15 is 0 Å². The second kappa shape index (κ2) is 6.68. The van der Waals surface area contributed by atoms with Crippen LogP contribution in [-0.4, -0.2) is 47.2 Å². The molecular formula is C18H21N5O2. The average Bonchev–Trinajstić information content (AvgIpc) is 2.67. The van der Waals surface area contributed by atoms with Gasteiger partial charge in [-0.15, -0.1) is 0 Å². The van der Waals surface area contributed by atoms with E-state index in [0.717, 1.165) is 44.0 Å². The quantitative estimate of drug-likeness (QED) is 0.640. The van der Waals surface area contributed by atoms with E-state index in [1.807, 2.05) is 0 Å². The Morgan fingerprint density at radius 3 is 2.80 bits per heavy atom. The molecule has 1 unspecified atom stereocenters. The summed E-state index contributed by atoms with van der Waals surface area (Å²) in [7, 11) is 0. The van der Waals surface area contributed by atoms with Crippen LogP contribution < -0.4 is 10.6 Å². The molecule has 7 nitrogen and oxygen atoms in total. The summed E-state index contributed by atoms with van der Waals surface area (Å²) in [5.41, 5.74) is 10.5. The summed E-state index contributed by atoms with van der Waals surface area (Å²) in [4.78, 5) is 10.8. The van der Waals surface area contributed by atoms with Gasteiger partial charge in [0.15, 0.2) is 0 Å². The normalized spacial score (nSPS) is 22.0. The van der Waals surface area contributed by atoms with Gasteiger partial charge in [-0.05, 0) is 24.0 Å². The lowest BCUT2D eigenvalue weighted by Crippen LogP contribution is -2.37. The van der Waals surface area contributed by atoms with Gasteiger partial charge in [-0.3, -0.25) is 0 Å². The Hall–Kier alpha value is -2.67. The number of nitrogens with zero attached hydrogens (tertiary/aromatic N) is 4. The fourth-order valence-corrected chi connectivity index (χ4v) is 3.72. The zero-order chi connectivity index (χ0) is 17.2. The number of nitrogens with two attached hydrogens (primary N) is 1. The van der Waals surface area contributed by atoms with Crippen LogP contribution in [0.5, 0.6) is 0 Å². The molecule has 1 aliphatic heterocycles. The monoisotopic (exact) mass is 339 g/mol. The number of anilines is 2. The maximum Gasteiger partial charge on any atom is 0.220 e. The van der Waals surface area contributed by atoms with Gasteiger partial charge >= 0.3 is 0 Å². The van der Waals surface area contributed by atoms with Gasteiger partial charge in [0.2, 0.25) is 5.95 Å². The van der Waals surface area contributed by atoms with Crippen molar-refractivity contribution in [2.24, 2.45) is 5.16 Å².